The number of nitrogens with zero attached hydrogens (tertiary/aromatic N) is 1. The maximum Gasteiger partial charge on any atom is 0.258 e. The molecule has 0 saturated carbocycles. The molecule has 1 aliphatic rings. The maximum atomic E-state index is 11.8. The summed E-state index contributed by atoms with van der Waals surface area (Å²) in [6, 6.07) is 7.37. The van der Waals surface area contributed by atoms with Gasteiger partial charge in [0.1, 0.15) is 5.76 Å². The highest BCUT2D eigenvalue weighted by Crippen LogP contribution is 2.30. The molecular weight excluding hydrogens is 258 g/mol. The fourth-order valence-corrected chi connectivity index (χ4v) is 2.11. The van der Waals surface area contributed by atoms with Crippen molar-refractivity contribution in [2.24, 2.45) is 0 Å². The number of hydrogen-bond donors (Lipinski definition) is 1. The molecule has 1 aromatic rings. The predicted octanol–water partition coefficient (Wildman–Crippen LogP) is 2.19. The van der Waals surface area contributed by atoms with E-state index in [2.05, 4.69) is 15.9 Å². The third-order valence-electron chi connectivity index (χ3n) is 2.38. The third kappa shape index (κ3) is 1.65. The summed E-state index contributed by atoms with van der Waals surface area (Å²) >= 11 is 3.37. The molecule has 78 valence electrons. The lowest BCUT2D eigenvalue weighted by Crippen LogP contribution is -2.21. The van der Waals surface area contributed by atoms with Crippen molar-refractivity contribution in [3.05, 3.63) is 40.1 Å². The lowest BCUT2D eigenvalue weighted by Gasteiger charge is -2.08. The molecule has 0 aromatic heterocycles. The van der Waals surface area contributed by atoms with Crippen LogP contribution < -0.4 is 0 Å². The Hall–Kier alpha value is -1.29. The molecule has 15 heavy (non-hydrogen) atoms. The van der Waals surface area contributed by atoms with Crippen LogP contribution in [0.5, 0.6) is 0 Å². The Morgan fingerprint density at radius 2 is 2.07 bits per heavy atom. The zero-order valence-electron chi connectivity index (χ0n) is 8.20. The molecule has 0 radical (unpaired) electrons. The van der Waals surface area contributed by atoms with Crippen LogP contribution in [-0.4, -0.2) is 29.5 Å². The van der Waals surface area contributed by atoms with Gasteiger partial charge >= 0.3 is 0 Å². The summed E-state index contributed by atoms with van der Waals surface area (Å²) < 4.78 is 0.815. The fourth-order valence-electron chi connectivity index (χ4n) is 1.62. The molecule has 3 nitrogen and oxygen atoms in total. The number of hydrogen-bond acceptors (Lipinski definition) is 2. The monoisotopic (exact) mass is 267 g/mol. The van der Waals surface area contributed by atoms with Crippen molar-refractivity contribution >= 4 is 27.4 Å². The van der Waals surface area contributed by atoms with Gasteiger partial charge in [-0.3, -0.25) is 4.79 Å². The molecular formula is C11H10BrNO2. The number of rotatable bonds is 1. The Balaban J connectivity index is 2.53. The van der Waals surface area contributed by atoms with Crippen LogP contribution in [0, 0.1) is 0 Å². The zero-order valence-corrected chi connectivity index (χ0v) is 9.78. The van der Waals surface area contributed by atoms with Gasteiger partial charge in [0, 0.05) is 17.1 Å². The first-order valence-corrected chi connectivity index (χ1v) is 5.33. The average molecular weight is 268 g/mol. The quantitative estimate of drug-likeness (QED) is 0.848. The van der Waals surface area contributed by atoms with Crippen molar-refractivity contribution in [2.75, 3.05) is 13.6 Å². The minimum atomic E-state index is -0.139. The van der Waals surface area contributed by atoms with Crippen LogP contribution in [0.2, 0.25) is 0 Å². The summed E-state index contributed by atoms with van der Waals surface area (Å²) in [5.74, 6) is -0.00574. The summed E-state index contributed by atoms with van der Waals surface area (Å²) in [6.07, 6.45) is 0. The first-order valence-electron chi connectivity index (χ1n) is 4.53. The predicted molar refractivity (Wildman–Crippen MR) is 61.3 cm³/mol. The normalized spacial score (nSPS) is 16.4. The number of aliphatic hydroxyl groups excluding tert-OH is 1. The summed E-state index contributed by atoms with van der Waals surface area (Å²) in [6.45, 7) is 0.287. The summed E-state index contributed by atoms with van der Waals surface area (Å²) in [7, 11) is 1.67. The van der Waals surface area contributed by atoms with Crippen molar-refractivity contribution in [3.8, 4) is 0 Å². The molecule has 0 atom stereocenters. The van der Waals surface area contributed by atoms with Gasteiger partial charge in [0.05, 0.1) is 12.1 Å². The highest BCUT2D eigenvalue weighted by molar-refractivity contribution is 9.10. The number of carbonyl (C=O) groups excluding carboxylic acids is 1. The van der Waals surface area contributed by atoms with E-state index >= 15 is 0 Å². The van der Waals surface area contributed by atoms with Gasteiger partial charge in [-0.15, -0.1) is 0 Å². The standard InChI is InChI=1S/C11H10BrNO2/c1-13-6-9(14)10(11(13)15)7-4-2-3-5-8(7)12/h2-5,14H,6H2,1H3. The van der Waals surface area contributed by atoms with Crippen molar-refractivity contribution < 1.29 is 9.90 Å². The van der Waals surface area contributed by atoms with E-state index < -0.39 is 0 Å². The molecule has 1 aliphatic heterocycles. The van der Waals surface area contributed by atoms with Crippen LogP contribution in [0.15, 0.2) is 34.5 Å². The average Bonchev–Trinajstić information content (AvgIpc) is 2.43. The topological polar surface area (TPSA) is 40.5 Å². The molecule has 0 saturated heterocycles. The van der Waals surface area contributed by atoms with Crippen molar-refractivity contribution in [3.63, 3.8) is 0 Å². The number of carbonyl (C=O) groups is 1. The summed E-state index contributed by atoms with van der Waals surface area (Å²) in [4.78, 5) is 13.2. The van der Waals surface area contributed by atoms with Crippen LogP contribution in [-0.2, 0) is 4.79 Å². The van der Waals surface area contributed by atoms with E-state index in [1.807, 2.05) is 24.3 Å². The molecule has 1 amide bonds. The molecule has 0 spiro atoms. The largest absolute Gasteiger partial charge is 0.510 e. The van der Waals surface area contributed by atoms with Crippen LogP contribution in [0.3, 0.4) is 0 Å². The van der Waals surface area contributed by atoms with Gasteiger partial charge in [-0.25, -0.2) is 0 Å². The molecule has 1 heterocycles. The van der Waals surface area contributed by atoms with Gasteiger partial charge in [0.15, 0.2) is 0 Å². The molecule has 4 heteroatoms. The Kier molecular flexibility index (Phi) is 2.52. The van der Waals surface area contributed by atoms with Crippen LogP contribution >= 0.6 is 15.9 Å². The first-order chi connectivity index (χ1) is 7.11. The summed E-state index contributed by atoms with van der Waals surface area (Å²) in [5, 5.41) is 9.70. The van der Waals surface area contributed by atoms with Crippen molar-refractivity contribution in [1.82, 2.24) is 4.90 Å². The Morgan fingerprint density at radius 3 is 2.60 bits per heavy atom. The lowest BCUT2D eigenvalue weighted by molar-refractivity contribution is -0.122. The van der Waals surface area contributed by atoms with Crippen LogP contribution in [0.25, 0.3) is 5.57 Å². The van der Waals surface area contributed by atoms with Gasteiger partial charge in [0.2, 0.25) is 0 Å². The van der Waals surface area contributed by atoms with E-state index in [4.69, 9.17) is 0 Å². The fraction of sp³-hybridized carbons (Fsp3) is 0.182. The summed E-state index contributed by atoms with van der Waals surface area (Å²) in [5.41, 5.74) is 1.13. The highest BCUT2D eigenvalue weighted by Gasteiger charge is 2.29. The molecule has 1 N–H and O–H groups in total. The molecule has 0 bridgehead atoms. The second kappa shape index (κ2) is 3.70. The van der Waals surface area contributed by atoms with Gasteiger partial charge < -0.3 is 10.0 Å². The van der Waals surface area contributed by atoms with Crippen LogP contribution in [0.1, 0.15) is 5.56 Å². The Morgan fingerprint density at radius 1 is 1.40 bits per heavy atom. The van der Waals surface area contributed by atoms with Gasteiger partial charge in [-0.2, -0.15) is 0 Å². The van der Waals surface area contributed by atoms with E-state index in [0.717, 1.165) is 10.0 Å². The Bertz CT molecular complexity index is 454. The van der Waals surface area contributed by atoms with Crippen molar-refractivity contribution in [1.29, 1.82) is 0 Å². The molecule has 2 rings (SSSR count). The van der Waals surface area contributed by atoms with Crippen LogP contribution in [0.4, 0.5) is 0 Å². The molecule has 0 aliphatic carbocycles. The van der Waals surface area contributed by atoms with Crippen molar-refractivity contribution in [2.45, 2.75) is 0 Å². The zero-order chi connectivity index (χ0) is 11.0. The second-order valence-corrected chi connectivity index (χ2v) is 4.32. The number of aliphatic hydroxyl groups is 1. The van der Waals surface area contributed by atoms with Gasteiger partial charge in [-0.05, 0) is 6.07 Å². The molecule has 1 aromatic carbocycles. The number of amides is 1. The molecule has 0 unspecified atom stereocenters. The molecule has 0 fully saturated rings. The maximum absolute atomic E-state index is 11.8. The SMILES string of the molecule is CN1CC(O)=C(c2ccccc2Br)C1=O. The second-order valence-electron chi connectivity index (χ2n) is 3.46. The lowest BCUT2D eigenvalue weighted by atomic mass is 10.1. The van der Waals surface area contributed by atoms with E-state index in [1.165, 1.54) is 4.90 Å². The number of likely N-dealkylation sites (N-methyl/N-ethyl adjacent to an activating group) is 1. The van der Waals surface area contributed by atoms with E-state index in [-0.39, 0.29) is 18.2 Å². The first kappa shape index (κ1) is 10.2. The van der Waals surface area contributed by atoms with E-state index in [0.29, 0.717) is 5.57 Å². The van der Waals surface area contributed by atoms with Gasteiger partial charge in [0.25, 0.3) is 5.91 Å². The highest BCUT2D eigenvalue weighted by atomic mass is 79.9. The minimum Gasteiger partial charge on any atom is -0.510 e. The van der Waals surface area contributed by atoms with E-state index in [9.17, 15) is 9.90 Å². The third-order valence-corrected chi connectivity index (χ3v) is 3.07. The smallest absolute Gasteiger partial charge is 0.258 e. The van der Waals surface area contributed by atoms with Gasteiger partial charge in [-0.1, -0.05) is 34.1 Å². The minimum absolute atomic E-state index is 0.134. The number of benzene rings is 1. The number of halogens is 1. The van der Waals surface area contributed by atoms with E-state index in [1.54, 1.807) is 7.05 Å². The Labute approximate surface area is 96.1 Å².